The van der Waals surface area contributed by atoms with Gasteiger partial charge in [-0.1, -0.05) is 23.7 Å². The molecular weight excluding hydrogens is 248 g/mol. The maximum atomic E-state index is 11.8. The molecule has 4 heteroatoms. The Morgan fingerprint density at radius 1 is 1.39 bits per heavy atom. The van der Waals surface area contributed by atoms with Crippen molar-refractivity contribution in [1.82, 2.24) is 10.2 Å². The van der Waals surface area contributed by atoms with Gasteiger partial charge in [0, 0.05) is 13.1 Å². The predicted molar refractivity (Wildman–Crippen MR) is 73.8 cm³/mol. The van der Waals surface area contributed by atoms with Gasteiger partial charge in [0.15, 0.2) is 0 Å². The number of amides is 1. The van der Waals surface area contributed by atoms with Crippen molar-refractivity contribution >= 4 is 17.5 Å². The molecule has 1 fully saturated rings. The summed E-state index contributed by atoms with van der Waals surface area (Å²) in [7, 11) is 0. The van der Waals surface area contributed by atoms with Crippen LogP contribution < -0.4 is 5.32 Å². The number of halogens is 1. The number of benzene rings is 1. The van der Waals surface area contributed by atoms with Crippen LogP contribution in [0.15, 0.2) is 24.3 Å². The van der Waals surface area contributed by atoms with Crippen LogP contribution in [0.1, 0.15) is 23.2 Å². The highest BCUT2D eigenvalue weighted by molar-refractivity contribution is 6.33. The number of nitrogens with zero attached hydrogens (tertiary/aromatic N) is 1. The summed E-state index contributed by atoms with van der Waals surface area (Å²) in [5.74, 6) is -0.0893. The van der Waals surface area contributed by atoms with Crippen molar-refractivity contribution in [2.45, 2.75) is 12.8 Å². The van der Waals surface area contributed by atoms with Gasteiger partial charge in [0.1, 0.15) is 0 Å². The van der Waals surface area contributed by atoms with Crippen molar-refractivity contribution in [1.29, 1.82) is 0 Å². The minimum atomic E-state index is -0.0893. The number of hydrogen-bond acceptors (Lipinski definition) is 2. The van der Waals surface area contributed by atoms with Crippen LogP contribution in [0.5, 0.6) is 0 Å². The first kappa shape index (κ1) is 13.4. The molecule has 0 atom stereocenters. The van der Waals surface area contributed by atoms with E-state index in [9.17, 15) is 4.79 Å². The molecule has 2 rings (SSSR count). The second-order valence-corrected chi connectivity index (χ2v) is 4.87. The fourth-order valence-corrected chi connectivity index (χ4v) is 2.31. The van der Waals surface area contributed by atoms with Gasteiger partial charge >= 0.3 is 0 Å². The van der Waals surface area contributed by atoms with Gasteiger partial charge in [-0.05, 0) is 44.5 Å². The summed E-state index contributed by atoms with van der Waals surface area (Å²) < 4.78 is 0. The van der Waals surface area contributed by atoms with Crippen molar-refractivity contribution in [2.75, 3.05) is 26.2 Å². The third-order valence-corrected chi connectivity index (χ3v) is 3.42. The SMILES string of the molecule is O=C(NCCCN1C[CH]CC1)c1ccccc1Cl. The average Bonchev–Trinajstić information content (AvgIpc) is 2.88. The first-order valence-corrected chi connectivity index (χ1v) is 6.72. The van der Waals surface area contributed by atoms with E-state index in [0.29, 0.717) is 17.1 Å². The van der Waals surface area contributed by atoms with E-state index in [1.807, 2.05) is 12.1 Å². The molecule has 1 aromatic rings. The highest BCUT2D eigenvalue weighted by Gasteiger charge is 2.11. The highest BCUT2D eigenvalue weighted by atomic mass is 35.5. The lowest BCUT2D eigenvalue weighted by Crippen LogP contribution is -2.28. The number of nitrogens with one attached hydrogen (secondary N) is 1. The zero-order chi connectivity index (χ0) is 12.8. The molecule has 1 radical (unpaired) electrons. The lowest BCUT2D eigenvalue weighted by atomic mass is 10.2. The van der Waals surface area contributed by atoms with Gasteiger partial charge in [0.2, 0.25) is 0 Å². The van der Waals surface area contributed by atoms with Gasteiger partial charge < -0.3 is 10.2 Å². The summed E-state index contributed by atoms with van der Waals surface area (Å²) in [5.41, 5.74) is 0.550. The van der Waals surface area contributed by atoms with Crippen molar-refractivity contribution in [3.8, 4) is 0 Å². The van der Waals surface area contributed by atoms with Crippen molar-refractivity contribution in [2.24, 2.45) is 0 Å². The summed E-state index contributed by atoms with van der Waals surface area (Å²) in [6.07, 6.45) is 4.46. The van der Waals surface area contributed by atoms with Gasteiger partial charge in [-0.25, -0.2) is 0 Å². The largest absolute Gasteiger partial charge is 0.352 e. The maximum Gasteiger partial charge on any atom is 0.252 e. The monoisotopic (exact) mass is 265 g/mol. The van der Waals surface area contributed by atoms with Gasteiger partial charge in [-0.15, -0.1) is 0 Å². The number of rotatable bonds is 5. The topological polar surface area (TPSA) is 32.3 Å². The third-order valence-electron chi connectivity index (χ3n) is 3.09. The van der Waals surface area contributed by atoms with Gasteiger partial charge in [0.25, 0.3) is 5.91 Å². The van der Waals surface area contributed by atoms with Crippen molar-refractivity contribution in [3.05, 3.63) is 41.3 Å². The summed E-state index contributed by atoms with van der Waals surface area (Å²) in [5, 5.41) is 3.41. The molecule has 0 aliphatic carbocycles. The molecule has 1 aliphatic heterocycles. The molecule has 0 saturated carbocycles. The quantitative estimate of drug-likeness (QED) is 0.829. The molecule has 1 heterocycles. The minimum Gasteiger partial charge on any atom is -0.352 e. The second kappa shape index (κ2) is 6.76. The van der Waals surface area contributed by atoms with Gasteiger partial charge in [-0.3, -0.25) is 4.79 Å². The fraction of sp³-hybridized carbons (Fsp3) is 0.429. The van der Waals surface area contributed by atoms with E-state index >= 15 is 0 Å². The second-order valence-electron chi connectivity index (χ2n) is 4.47. The van der Waals surface area contributed by atoms with Crippen molar-refractivity contribution < 1.29 is 4.79 Å². The molecule has 0 bridgehead atoms. The molecule has 0 spiro atoms. The Hall–Kier alpha value is -1.06. The summed E-state index contributed by atoms with van der Waals surface area (Å²) in [6.45, 7) is 3.97. The minimum absolute atomic E-state index is 0.0893. The van der Waals surface area contributed by atoms with Crippen LogP contribution in [0.4, 0.5) is 0 Å². The Morgan fingerprint density at radius 2 is 2.22 bits per heavy atom. The Kier molecular flexibility index (Phi) is 5.02. The van der Waals surface area contributed by atoms with Crippen LogP contribution >= 0.6 is 11.6 Å². The van der Waals surface area contributed by atoms with Crippen LogP contribution in [-0.4, -0.2) is 37.0 Å². The maximum absolute atomic E-state index is 11.8. The van der Waals surface area contributed by atoms with Crippen LogP contribution in [0.25, 0.3) is 0 Å². The Morgan fingerprint density at radius 3 is 2.94 bits per heavy atom. The first-order chi connectivity index (χ1) is 8.77. The van der Waals surface area contributed by atoms with E-state index in [0.717, 1.165) is 26.1 Å². The molecule has 97 valence electrons. The normalized spacial score (nSPS) is 15.8. The molecule has 1 amide bonds. The van der Waals surface area contributed by atoms with Crippen LogP contribution in [0, 0.1) is 6.42 Å². The van der Waals surface area contributed by atoms with E-state index in [1.54, 1.807) is 12.1 Å². The fourth-order valence-electron chi connectivity index (χ4n) is 2.09. The Balaban J connectivity index is 1.70. The molecule has 3 nitrogen and oxygen atoms in total. The molecule has 0 aromatic heterocycles. The Bertz CT molecular complexity index is 403. The zero-order valence-corrected chi connectivity index (χ0v) is 11.1. The van der Waals surface area contributed by atoms with Gasteiger partial charge in [-0.2, -0.15) is 0 Å². The lowest BCUT2D eigenvalue weighted by Gasteiger charge is -2.14. The van der Waals surface area contributed by atoms with Crippen LogP contribution in [0.3, 0.4) is 0 Å². The number of carbonyl (C=O) groups excluding carboxylic acids is 1. The number of carbonyl (C=O) groups is 1. The van der Waals surface area contributed by atoms with E-state index in [4.69, 9.17) is 11.6 Å². The molecule has 1 saturated heterocycles. The summed E-state index contributed by atoms with van der Waals surface area (Å²) in [4.78, 5) is 14.2. The lowest BCUT2D eigenvalue weighted by molar-refractivity contribution is 0.0952. The third kappa shape index (κ3) is 3.72. The van der Waals surface area contributed by atoms with E-state index < -0.39 is 0 Å². The standard InChI is InChI=1S/C14H18ClN2O/c15-13-7-2-1-6-12(13)14(18)16-8-5-11-17-9-3-4-10-17/h1-3,6-7H,4-5,8-11H2,(H,16,18). The van der Waals surface area contributed by atoms with Gasteiger partial charge in [0.05, 0.1) is 10.6 Å². The van der Waals surface area contributed by atoms with Crippen LogP contribution in [0.2, 0.25) is 5.02 Å². The van der Waals surface area contributed by atoms with Crippen LogP contribution in [-0.2, 0) is 0 Å². The molecule has 18 heavy (non-hydrogen) atoms. The summed E-state index contributed by atoms with van der Waals surface area (Å²) in [6, 6.07) is 7.12. The summed E-state index contributed by atoms with van der Waals surface area (Å²) >= 11 is 5.96. The highest BCUT2D eigenvalue weighted by Crippen LogP contribution is 2.14. The average molecular weight is 266 g/mol. The first-order valence-electron chi connectivity index (χ1n) is 6.34. The smallest absolute Gasteiger partial charge is 0.252 e. The Labute approximate surface area is 113 Å². The van der Waals surface area contributed by atoms with E-state index in [1.165, 1.54) is 6.42 Å². The van der Waals surface area contributed by atoms with E-state index in [-0.39, 0.29) is 5.91 Å². The zero-order valence-electron chi connectivity index (χ0n) is 10.4. The number of hydrogen-bond donors (Lipinski definition) is 1. The van der Waals surface area contributed by atoms with E-state index in [2.05, 4.69) is 16.6 Å². The number of likely N-dealkylation sites (tertiary alicyclic amines) is 1. The molecule has 0 unspecified atom stereocenters. The van der Waals surface area contributed by atoms with Crippen molar-refractivity contribution in [3.63, 3.8) is 0 Å². The molecule has 1 aliphatic rings. The molecule has 1 N–H and O–H groups in total. The predicted octanol–water partition coefficient (Wildman–Crippen LogP) is 2.37. The molecule has 1 aromatic carbocycles. The molecular formula is C14H18ClN2O.